The Hall–Kier alpha value is -3.74. The minimum absolute atomic E-state index is 0.00149. The second kappa shape index (κ2) is 10.3. The lowest BCUT2D eigenvalue weighted by atomic mass is 9.63. The van der Waals surface area contributed by atoms with Gasteiger partial charge in [-0.3, -0.25) is 14.4 Å². The van der Waals surface area contributed by atoms with Gasteiger partial charge in [0.25, 0.3) is 0 Å². The molecule has 2 aliphatic carbocycles. The zero-order valence-corrected chi connectivity index (χ0v) is 23.6. The SMILES string of the molecule is CC1(C)CC(=O)C2=C(C1)N(CCC(=O)O)C1=C(C(=O)CC(C)(C)C1)C2c1cccc(OCc2ccc(F)cc2)c1. The van der Waals surface area contributed by atoms with Crippen LogP contribution in [0.15, 0.2) is 71.1 Å². The lowest BCUT2D eigenvalue weighted by molar-refractivity contribution is -0.137. The van der Waals surface area contributed by atoms with Crippen LogP contribution in [0.4, 0.5) is 4.39 Å². The van der Waals surface area contributed by atoms with E-state index in [2.05, 4.69) is 27.7 Å². The van der Waals surface area contributed by atoms with Crippen LogP contribution in [0.5, 0.6) is 5.75 Å². The van der Waals surface area contributed by atoms with E-state index in [1.165, 1.54) is 12.1 Å². The zero-order valence-electron chi connectivity index (χ0n) is 23.6. The summed E-state index contributed by atoms with van der Waals surface area (Å²) in [6.07, 6.45) is 1.87. The van der Waals surface area contributed by atoms with Crippen molar-refractivity contribution in [2.75, 3.05) is 6.54 Å². The van der Waals surface area contributed by atoms with Crippen molar-refractivity contribution in [3.05, 3.63) is 88.0 Å². The predicted molar refractivity (Wildman–Crippen MR) is 149 cm³/mol. The fourth-order valence-electron chi connectivity index (χ4n) is 6.39. The van der Waals surface area contributed by atoms with Gasteiger partial charge in [-0.1, -0.05) is 52.0 Å². The number of aliphatic carboxylic acids is 1. The summed E-state index contributed by atoms with van der Waals surface area (Å²) in [5.41, 5.74) is 3.95. The quantitative estimate of drug-likeness (QED) is 0.424. The number of Topliss-reactive ketones (excluding diaryl/α,β-unsaturated/α-hetero) is 2. The number of ketones is 2. The standard InChI is InChI=1S/C33H36FNO5/c1-32(2)15-24-30(26(36)17-32)29(21-6-5-7-23(14-21)40-19-20-8-10-22(34)11-9-20)31-25(35(24)13-12-28(38)39)16-33(3,4)18-27(31)37/h5-11,14,29H,12-13,15-19H2,1-4H3,(H,38,39). The first kappa shape index (κ1) is 27.8. The minimum atomic E-state index is -0.916. The maximum absolute atomic E-state index is 13.8. The molecule has 0 fully saturated rings. The molecule has 3 aliphatic rings. The largest absolute Gasteiger partial charge is 0.489 e. The summed E-state index contributed by atoms with van der Waals surface area (Å²) in [4.78, 5) is 41.3. The Bertz CT molecular complexity index is 1380. The summed E-state index contributed by atoms with van der Waals surface area (Å²) >= 11 is 0. The molecule has 1 heterocycles. The first-order chi connectivity index (χ1) is 18.8. The second-order valence-corrected chi connectivity index (χ2v) is 12.8. The fourth-order valence-corrected chi connectivity index (χ4v) is 6.39. The molecule has 0 bridgehead atoms. The highest BCUT2D eigenvalue weighted by Crippen LogP contribution is 2.54. The number of halogens is 1. The average Bonchev–Trinajstić information content (AvgIpc) is 2.85. The van der Waals surface area contributed by atoms with E-state index in [1.807, 2.05) is 29.2 Å². The van der Waals surface area contributed by atoms with Crippen LogP contribution in [-0.4, -0.2) is 34.1 Å². The van der Waals surface area contributed by atoms with Crippen LogP contribution < -0.4 is 4.74 Å². The first-order valence-corrected chi connectivity index (χ1v) is 13.8. The second-order valence-electron chi connectivity index (χ2n) is 12.8. The van der Waals surface area contributed by atoms with Gasteiger partial charge in [-0.15, -0.1) is 0 Å². The number of hydrogen-bond acceptors (Lipinski definition) is 5. The van der Waals surface area contributed by atoms with E-state index in [-0.39, 0.29) is 47.8 Å². The summed E-state index contributed by atoms with van der Waals surface area (Å²) in [6, 6.07) is 13.6. The van der Waals surface area contributed by atoms with Crippen LogP contribution >= 0.6 is 0 Å². The molecule has 1 aliphatic heterocycles. The molecular weight excluding hydrogens is 509 g/mol. The third-order valence-corrected chi connectivity index (χ3v) is 8.08. The molecule has 2 aromatic rings. The van der Waals surface area contributed by atoms with Crippen molar-refractivity contribution < 1.29 is 28.6 Å². The summed E-state index contributed by atoms with van der Waals surface area (Å²) in [5.74, 6) is -1.18. The molecule has 0 atom stereocenters. The van der Waals surface area contributed by atoms with Crippen molar-refractivity contribution in [3.8, 4) is 5.75 Å². The van der Waals surface area contributed by atoms with E-state index >= 15 is 0 Å². The van der Waals surface area contributed by atoms with Gasteiger partial charge in [0, 0.05) is 47.8 Å². The fraction of sp³-hybridized carbons (Fsp3) is 0.424. The highest BCUT2D eigenvalue weighted by molar-refractivity contribution is 6.06. The number of rotatable bonds is 7. The van der Waals surface area contributed by atoms with Gasteiger partial charge < -0.3 is 14.7 Å². The van der Waals surface area contributed by atoms with Crippen LogP contribution in [0.3, 0.4) is 0 Å². The number of carboxylic acids is 1. The van der Waals surface area contributed by atoms with Gasteiger partial charge >= 0.3 is 5.97 Å². The third-order valence-electron chi connectivity index (χ3n) is 8.08. The van der Waals surface area contributed by atoms with E-state index in [1.54, 1.807) is 12.1 Å². The van der Waals surface area contributed by atoms with E-state index in [9.17, 15) is 23.9 Å². The van der Waals surface area contributed by atoms with Crippen molar-refractivity contribution in [2.45, 2.75) is 72.3 Å². The molecule has 7 heteroatoms. The number of carbonyl (C=O) groups is 3. The van der Waals surface area contributed by atoms with Crippen LogP contribution in [0.25, 0.3) is 0 Å². The topological polar surface area (TPSA) is 83.9 Å². The van der Waals surface area contributed by atoms with Crippen molar-refractivity contribution in [2.24, 2.45) is 10.8 Å². The Morgan fingerprint density at radius 3 is 2.05 bits per heavy atom. The molecule has 0 unspecified atom stereocenters. The number of allylic oxidation sites excluding steroid dienone is 4. The van der Waals surface area contributed by atoms with Crippen molar-refractivity contribution in [1.29, 1.82) is 0 Å². The monoisotopic (exact) mass is 545 g/mol. The molecule has 40 heavy (non-hydrogen) atoms. The Balaban J connectivity index is 1.61. The van der Waals surface area contributed by atoms with Crippen molar-refractivity contribution in [3.63, 3.8) is 0 Å². The van der Waals surface area contributed by atoms with E-state index < -0.39 is 11.9 Å². The average molecular weight is 546 g/mol. The number of nitrogens with zero attached hydrogens (tertiary/aromatic N) is 1. The van der Waals surface area contributed by atoms with Crippen LogP contribution in [-0.2, 0) is 21.0 Å². The molecule has 210 valence electrons. The van der Waals surface area contributed by atoms with Crippen LogP contribution in [0, 0.1) is 16.6 Å². The Morgan fingerprint density at radius 1 is 0.925 bits per heavy atom. The number of ether oxygens (including phenoxy) is 1. The van der Waals surface area contributed by atoms with E-state index in [4.69, 9.17) is 4.74 Å². The summed E-state index contributed by atoms with van der Waals surface area (Å²) in [5, 5.41) is 9.53. The molecule has 0 amide bonds. The van der Waals surface area contributed by atoms with Gasteiger partial charge in [0.05, 0.1) is 6.42 Å². The Morgan fingerprint density at radius 2 is 1.50 bits per heavy atom. The van der Waals surface area contributed by atoms with Gasteiger partial charge in [0.2, 0.25) is 0 Å². The van der Waals surface area contributed by atoms with Gasteiger partial charge in [-0.25, -0.2) is 4.39 Å². The molecule has 1 N–H and O–H groups in total. The molecule has 2 aromatic carbocycles. The zero-order chi connectivity index (χ0) is 28.8. The van der Waals surface area contributed by atoms with Gasteiger partial charge in [0.15, 0.2) is 11.6 Å². The number of carbonyl (C=O) groups excluding carboxylic acids is 2. The highest BCUT2D eigenvalue weighted by Gasteiger charge is 2.49. The smallest absolute Gasteiger partial charge is 0.305 e. The van der Waals surface area contributed by atoms with Gasteiger partial charge in [-0.05, 0) is 59.1 Å². The predicted octanol–water partition coefficient (Wildman–Crippen LogP) is 6.57. The van der Waals surface area contributed by atoms with Gasteiger partial charge in [0.1, 0.15) is 18.2 Å². The van der Waals surface area contributed by atoms with Crippen LogP contribution in [0.1, 0.15) is 76.8 Å². The Kier molecular flexibility index (Phi) is 7.19. The molecule has 5 rings (SSSR count). The maximum Gasteiger partial charge on any atom is 0.305 e. The molecule has 6 nitrogen and oxygen atoms in total. The van der Waals surface area contributed by atoms with Gasteiger partial charge in [-0.2, -0.15) is 0 Å². The normalized spacial score (nSPS) is 20.4. The molecule has 0 aromatic heterocycles. The maximum atomic E-state index is 13.8. The molecular formula is C33H36FNO5. The lowest BCUT2D eigenvalue weighted by Crippen LogP contribution is -2.45. The first-order valence-electron chi connectivity index (χ1n) is 13.8. The number of hydrogen-bond donors (Lipinski definition) is 1. The number of carboxylic acid groups (broad SMARTS) is 1. The molecule has 0 spiro atoms. The number of benzene rings is 2. The molecule has 0 saturated carbocycles. The lowest BCUT2D eigenvalue weighted by Gasteiger charge is -2.49. The molecule has 0 radical (unpaired) electrons. The third kappa shape index (κ3) is 5.60. The van der Waals surface area contributed by atoms with Crippen molar-refractivity contribution >= 4 is 17.5 Å². The van der Waals surface area contributed by atoms with E-state index in [0.29, 0.717) is 42.6 Å². The summed E-state index contributed by atoms with van der Waals surface area (Å²) < 4.78 is 19.4. The summed E-state index contributed by atoms with van der Waals surface area (Å²) in [7, 11) is 0. The highest BCUT2D eigenvalue weighted by atomic mass is 19.1. The Labute approximate surface area is 234 Å². The van der Waals surface area contributed by atoms with Crippen LogP contribution in [0.2, 0.25) is 0 Å². The summed E-state index contributed by atoms with van der Waals surface area (Å²) in [6.45, 7) is 8.70. The minimum Gasteiger partial charge on any atom is -0.489 e. The van der Waals surface area contributed by atoms with E-state index in [0.717, 1.165) is 22.5 Å². The molecule has 0 saturated heterocycles. The van der Waals surface area contributed by atoms with Crippen molar-refractivity contribution in [1.82, 2.24) is 4.90 Å².